The van der Waals surface area contributed by atoms with Crippen molar-refractivity contribution in [1.29, 1.82) is 0 Å². The van der Waals surface area contributed by atoms with Crippen molar-refractivity contribution in [2.45, 2.75) is 53.2 Å². The van der Waals surface area contributed by atoms with Crippen LogP contribution in [0.3, 0.4) is 0 Å². The lowest BCUT2D eigenvalue weighted by Crippen LogP contribution is -2.29. The summed E-state index contributed by atoms with van der Waals surface area (Å²) >= 11 is 0. The van der Waals surface area contributed by atoms with E-state index in [1.54, 1.807) is 0 Å². The van der Waals surface area contributed by atoms with Crippen LogP contribution in [0, 0.1) is 0 Å². The van der Waals surface area contributed by atoms with E-state index in [9.17, 15) is 0 Å². The Morgan fingerprint density at radius 3 is 2.65 bits per heavy atom. The van der Waals surface area contributed by atoms with Crippen molar-refractivity contribution < 1.29 is 4.74 Å². The molecule has 0 amide bonds. The Morgan fingerprint density at radius 2 is 2.05 bits per heavy atom. The number of ether oxygens (including phenoxy) is 1. The number of aromatic nitrogens is 2. The molecule has 0 fully saturated rings. The second-order valence-electron chi connectivity index (χ2n) is 4.96. The maximum atomic E-state index is 5.43. The fourth-order valence-corrected chi connectivity index (χ4v) is 1.76. The van der Waals surface area contributed by atoms with E-state index in [-0.39, 0.29) is 0 Å². The molecule has 114 valence electrons. The van der Waals surface area contributed by atoms with Crippen LogP contribution in [0.5, 0.6) is 0 Å². The molecule has 0 aliphatic carbocycles. The molecule has 20 heavy (non-hydrogen) atoms. The molecule has 1 heterocycles. The third kappa shape index (κ3) is 4.96. The fourth-order valence-electron chi connectivity index (χ4n) is 1.76. The van der Waals surface area contributed by atoms with Crippen LogP contribution in [0.4, 0.5) is 11.6 Å². The highest BCUT2D eigenvalue weighted by molar-refractivity contribution is 5.49. The van der Waals surface area contributed by atoms with Crippen LogP contribution in [0.15, 0.2) is 6.07 Å². The predicted molar refractivity (Wildman–Crippen MR) is 84.3 cm³/mol. The normalized spacial score (nSPS) is 12.2. The number of nitrogens with one attached hydrogen (secondary N) is 1. The van der Waals surface area contributed by atoms with Gasteiger partial charge in [0.05, 0.1) is 0 Å². The monoisotopic (exact) mass is 280 g/mol. The van der Waals surface area contributed by atoms with Gasteiger partial charge in [-0.3, -0.25) is 0 Å². The lowest BCUT2D eigenvalue weighted by atomic mass is 10.2. The average molecular weight is 280 g/mol. The SMILES string of the molecule is CCCNc1cc(N(C)C(C)CC)nc(COCC)n1. The van der Waals surface area contributed by atoms with E-state index in [4.69, 9.17) is 4.74 Å². The van der Waals surface area contributed by atoms with Gasteiger partial charge in [0, 0.05) is 32.3 Å². The zero-order valence-electron chi connectivity index (χ0n) is 13.4. The molecule has 1 N–H and O–H groups in total. The van der Waals surface area contributed by atoms with E-state index in [0.29, 0.717) is 19.3 Å². The Balaban J connectivity index is 2.95. The van der Waals surface area contributed by atoms with Gasteiger partial charge in [0.2, 0.25) is 0 Å². The zero-order chi connectivity index (χ0) is 15.0. The molecule has 5 heteroatoms. The highest BCUT2D eigenvalue weighted by Crippen LogP contribution is 2.18. The van der Waals surface area contributed by atoms with Gasteiger partial charge in [-0.25, -0.2) is 9.97 Å². The minimum Gasteiger partial charge on any atom is -0.374 e. The molecule has 0 aromatic carbocycles. The molecule has 1 atom stereocenters. The van der Waals surface area contributed by atoms with Crippen molar-refractivity contribution in [3.8, 4) is 0 Å². The Labute approximate surface area is 122 Å². The summed E-state index contributed by atoms with van der Waals surface area (Å²) in [6.07, 6.45) is 2.15. The minimum atomic E-state index is 0.448. The summed E-state index contributed by atoms with van der Waals surface area (Å²) in [4.78, 5) is 11.3. The van der Waals surface area contributed by atoms with Gasteiger partial charge in [0.25, 0.3) is 0 Å². The van der Waals surface area contributed by atoms with Gasteiger partial charge in [-0.05, 0) is 26.7 Å². The summed E-state index contributed by atoms with van der Waals surface area (Å²) in [7, 11) is 2.07. The maximum Gasteiger partial charge on any atom is 0.158 e. The number of hydrogen-bond acceptors (Lipinski definition) is 5. The molecule has 1 aromatic heterocycles. The molecule has 5 nitrogen and oxygen atoms in total. The molecule has 1 unspecified atom stereocenters. The zero-order valence-corrected chi connectivity index (χ0v) is 13.4. The highest BCUT2D eigenvalue weighted by atomic mass is 16.5. The first-order valence-corrected chi connectivity index (χ1v) is 7.54. The lowest BCUT2D eigenvalue weighted by molar-refractivity contribution is 0.128. The van der Waals surface area contributed by atoms with Gasteiger partial charge >= 0.3 is 0 Å². The van der Waals surface area contributed by atoms with E-state index in [2.05, 4.69) is 48.0 Å². The molecule has 0 saturated carbocycles. The van der Waals surface area contributed by atoms with Crippen LogP contribution in [-0.2, 0) is 11.3 Å². The summed E-state index contributed by atoms with van der Waals surface area (Å²) in [5.41, 5.74) is 0. The number of nitrogens with zero attached hydrogens (tertiary/aromatic N) is 3. The third-order valence-electron chi connectivity index (χ3n) is 3.36. The Bertz CT molecular complexity index is 371. The van der Waals surface area contributed by atoms with Gasteiger partial charge in [0.1, 0.15) is 18.2 Å². The first-order valence-electron chi connectivity index (χ1n) is 7.54. The predicted octanol–water partition coefficient (Wildman–Crippen LogP) is 3.07. The fraction of sp³-hybridized carbons (Fsp3) is 0.733. The summed E-state index contributed by atoms with van der Waals surface area (Å²) in [5.74, 6) is 2.56. The van der Waals surface area contributed by atoms with Gasteiger partial charge in [0.15, 0.2) is 5.82 Å². The molecule has 1 aromatic rings. The summed E-state index contributed by atoms with van der Waals surface area (Å²) < 4.78 is 5.43. The van der Waals surface area contributed by atoms with Crippen LogP contribution in [0.25, 0.3) is 0 Å². The van der Waals surface area contributed by atoms with Crippen molar-refractivity contribution in [3.05, 3.63) is 11.9 Å². The van der Waals surface area contributed by atoms with Crippen LogP contribution in [0.1, 0.15) is 46.4 Å². The largest absolute Gasteiger partial charge is 0.374 e. The van der Waals surface area contributed by atoms with Crippen LogP contribution in [-0.4, -0.2) is 36.2 Å². The standard InChI is InChI=1S/C15H28N4O/c1-6-9-16-13-10-15(19(5)12(4)7-2)18-14(17-13)11-20-8-3/h10,12H,6-9,11H2,1-5H3,(H,16,17,18). The molecule has 0 aliphatic rings. The van der Waals surface area contributed by atoms with Crippen LogP contribution < -0.4 is 10.2 Å². The number of anilines is 2. The van der Waals surface area contributed by atoms with E-state index in [1.807, 2.05) is 13.0 Å². The Morgan fingerprint density at radius 1 is 1.30 bits per heavy atom. The van der Waals surface area contributed by atoms with Gasteiger partial charge in [-0.1, -0.05) is 13.8 Å². The van der Waals surface area contributed by atoms with Crippen molar-refractivity contribution >= 4 is 11.6 Å². The Kier molecular flexibility index (Phi) is 7.30. The second-order valence-corrected chi connectivity index (χ2v) is 4.96. The Hall–Kier alpha value is -1.36. The van der Waals surface area contributed by atoms with E-state index in [1.165, 1.54) is 0 Å². The smallest absolute Gasteiger partial charge is 0.158 e. The molecule has 0 spiro atoms. The molecular weight excluding hydrogens is 252 g/mol. The molecule has 0 bridgehead atoms. The van der Waals surface area contributed by atoms with Gasteiger partial charge < -0.3 is 15.0 Å². The molecule has 0 saturated heterocycles. The first kappa shape index (κ1) is 16.7. The topological polar surface area (TPSA) is 50.3 Å². The van der Waals surface area contributed by atoms with Gasteiger partial charge in [-0.2, -0.15) is 0 Å². The second kappa shape index (κ2) is 8.74. The molecule has 0 aliphatic heterocycles. The van der Waals surface area contributed by atoms with Crippen molar-refractivity contribution in [1.82, 2.24) is 9.97 Å². The van der Waals surface area contributed by atoms with Crippen LogP contribution >= 0.6 is 0 Å². The van der Waals surface area contributed by atoms with E-state index >= 15 is 0 Å². The van der Waals surface area contributed by atoms with E-state index < -0.39 is 0 Å². The molecular formula is C15H28N4O. The maximum absolute atomic E-state index is 5.43. The summed E-state index contributed by atoms with van der Waals surface area (Å²) in [5, 5.41) is 3.33. The summed E-state index contributed by atoms with van der Waals surface area (Å²) in [6, 6.07) is 2.46. The van der Waals surface area contributed by atoms with E-state index in [0.717, 1.165) is 36.8 Å². The average Bonchev–Trinajstić information content (AvgIpc) is 2.49. The van der Waals surface area contributed by atoms with Crippen LogP contribution in [0.2, 0.25) is 0 Å². The lowest BCUT2D eigenvalue weighted by Gasteiger charge is -2.25. The number of hydrogen-bond donors (Lipinski definition) is 1. The van der Waals surface area contributed by atoms with Crippen molar-refractivity contribution in [2.75, 3.05) is 30.4 Å². The first-order chi connectivity index (χ1) is 9.62. The molecule has 0 radical (unpaired) electrons. The van der Waals surface area contributed by atoms with Crippen molar-refractivity contribution in [2.24, 2.45) is 0 Å². The summed E-state index contributed by atoms with van der Waals surface area (Å²) in [6.45, 7) is 10.5. The third-order valence-corrected chi connectivity index (χ3v) is 3.36. The number of rotatable bonds is 9. The van der Waals surface area contributed by atoms with Crippen molar-refractivity contribution in [3.63, 3.8) is 0 Å². The quantitative estimate of drug-likeness (QED) is 0.753. The highest BCUT2D eigenvalue weighted by Gasteiger charge is 2.12. The molecule has 1 rings (SSSR count). The van der Waals surface area contributed by atoms with Gasteiger partial charge in [-0.15, -0.1) is 0 Å². The minimum absolute atomic E-state index is 0.448.